The summed E-state index contributed by atoms with van der Waals surface area (Å²) in [6, 6.07) is 0. The first-order chi connectivity index (χ1) is 9.12. The third kappa shape index (κ3) is 6.27. The van der Waals surface area contributed by atoms with E-state index in [1.54, 1.807) is 0 Å². The Morgan fingerprint density at radius 2 is 1.84 bits per heavy atom. The molecule has 0 unspecified atom stereocenters. The molecule has 0 aromatic rings. The maximum Gasteiger partial charge on any atom is 0.00471 e. The number of hydrogen-bond donors (Lipinski definition) is 1. The van der Waals surface area contributed by atoms with Gasteiger partial charge >= 0.3 is 0 Å². The molecule has 0 spiro atoms. The van der Waals surface area contributed by atoms with E-state index >= 15 is 0 Å². The summed E-state index contributed by atoms with van der Waals surface area (Å²) in [7, 11) is 2.31. The zero-order chi connectivity index (χ0) is 14.1. The molecule has 1 N–H and O–H groups in total. The first-order valence-electron chi connectivity index (χ1n) is 8.51. The van der Waals surface area contributed by atoms with Gasteiger partial charge in [-0.25, -0.2) is 0 Å². The third-order valence-electron chi connectivity index (χ3n) is 4.76. The molecule has 0 saturated heterocycles. The van der Waals surface area contributed by atoms with E-state index in [2.05, 4.69) is 38.0 Å². The minimum absolute atomic E-state index is 0.546. The predicted molar refractivity (Wildman–Crippen MR) is 85.6 cm³/mol. The summed E-state index contributed by atoms with van der Waals surface area (Å²) in [5.74, 6) is 0.945. The van der Waals surface area contributed by atoms with E-state index in [0.717, 1.165) is 5.92 Å². The molecule has 0 aromatic heterocycles. The number of unbranched alkanes of at least 4 members (excludes halogenated alkanes) is 1. The van der Waals surface area contributed by atoms with Crippen LogP contribution in [0.3, 0.4) is 0 Å². The topological polar surface area (TPSA) is 15.3 Å². The molecule has 0 aliphatic heterocycles. The molecule has 0 amide bonds. The van der Waals surface area contributed by atoms with Gasteiger partial charge in [-0.1, -0.05) is 40.0 Å². The fourth-order valence-electron chi connectivity index (χ4n) is 3.38. The van der Waals surface area contributed by atoms with Crippen LogP contribution in [0.15, 0.2) is 0 Å². The molecule has 2 heteroatoms. The zero-order valence-corrected chi connectivity index (χ0v) is 13.8. The molecule has 0 radical (unpaired) electrons. The second-order valence-corrected chi connectivity index (χ2v) is 6.95. The maximum absolute atomic E-state index is 3.70. The summed E-state index contributed by atoms with van der Waals surface area (Å²) < 4.78 is 0. The van der Waals surface area contributed by atoms with Gasteiger partial charge in [0, 0.05) is 13.1 Å². The average molecular weight is 268 g/mol. The van der Waals surface area contributed by atoms with Crippen LogP contribution in [0.4, 0.5) is 0 Å². The Balaban J connectivity index is 2.48. The Hall–Kier alpha value is -0.0800. The predicted octanol–water partition coefficient (Wildman–Crippen LogP) is 3.91. The standard InChI is InChI=1S/C17H36N2/c1-5-7-13-19(4)15-17(14-18-12-6-2)10-8-16(3)9-11-17/h16,18H,5-15H2,1-4H3. The Bertz CT molecular complexity index is 219. The van der Waals surface area contributed by atoms with Crippen molar-refractivity contribution in [2.24, 2.45) is 11.3 Å². The van der Waals surface area contributed by atoms with Crippen LogP contribution in [-0.4, -0.2) is 38.1 Å². The highest BCUT2D eigenvalue weighted by Crippen LogP contribution is 2.39. The molecule has 1 saturated carbocycles. The van der Waals surface area contributed by atoms with Gasteiger partial charge in [-0.05, 0) is 57.2 Å². The van der Waals surface area contributed by atoms with E-state index in [9.17, 15) is 0 Å². The summed E-state index contributed by atoms with van der Waals surface area (Å²) in [5.41, 5.74) is 0.546. The smallest absolute Gasteiger partial charge is 0.00471 e. The minimum atomic E-state index is 0.546. The molecule has 1 rings (SSSR count). The van der Waals surface area contributed by atoms with Crippen LogP contribution in [0.1, 0.15) is 65.7 Å². The monoisotopic (exact) mass is 268 g/mol. The maximum atomic E-state index is 3.70. The van der Waals surface area contributed by atoms with Gasteiger partial charge in [0.2, 0.25) is 0 Å². The normalized spacial score (nSPS) is 27.9. The fraction of sp³-hybridized carbons (Fsp3) is 1.00. The quantitative estimate of drug-likeness (QED) is 0.638. The highest BCUT2D eigenvalue weighted by molar-refractivity contribution is 4.88. The Kier molecular flexibility index (Phi) is 8.01. The number of nitrogens with one attached hydrogen (secondary N) is 1. The number of hydrogen-bond acceptors (Lipinski definition) is 2. The number of nitrogens with zero attached hydrogens (tertiary/aromatic N) is 1. The van der Waals surface area contributed by atoms with Crippen molar-refractivity contribution in [2.75, 3.05) is 33.2 Å². The fourth-order valence-corrected chi connectivity index (χ4v) is 3.38. The summed E-state index contributed by atoms with van der Waals surface area (Å²) >= 11 is 0. The molecule has 0 heterocycles. The Morgan fingerprint density at radius 3 is 2.42 bits per heavy atom. The van der Waals surface area contributed by atoms with Crippen molar-refractivity contribution in [3.8, 4) is 0 Å². The summed E-state index contributed by atoms with van der Waals surface area (Å²) in [5, 5.41) is 3.70. The van der Waals surface area contributed by atoms with E-state index < -0.39 is 0 Å². The van der Waals surface area contributed by atoms with Crippen LogP contribution in [-0.2, 0) is 0 Å². The largest absolute Gasteiger partial charge is 0.316 e. The van der Waals surface area contributed by atoms with Crippen molar-refractivity contribution in [1.29, 1.82) is 0 Å². The third-order valence-corrected chi connectivity index (χ3v) is 4.76. The van der Waals surface area contributed by atoms with E-state index in [0.29, 0.717) is 5.41 Å². The van der Waals surface area contributed by atoms with Gasteiger partial charge in [0.15, 0.2) is 0 Å². The Labute approximate surface area is 121 Å². The van der Waals surface area contributed by atoms with Gasteiger partial charge in [-0.15, -0.1) is 0 Å². The molecule has 19 heavy (non-hydrogen) atoms. The van der Waals surface area contributed by atoms with Crippen molar-refractivity contribution in [3.05, 3.63) is 0 Å². The highest BCUT2D eigenvalue weighted by atomic mass is 15.1. The van der Waals surface area contributed by atoms with Gasteiger partial charge in [0.1, 0.15) is 0 Å². The van der Waals surface area contributed by atoms with Gasteiger partial charge < -0.3 is 10.2 Å². The van der Waals surface area contributed by atoms with E-state index in [4.69, 9.17) is 0 Å². The van der Waals surface area contributed by atoms with Crippen molar-refractivity contribution in [3.63, 3.8) is 0 Å². The van der Waals surface area contributed by atoms with Crippen molar-refractivity contribution >= 4 is 0 Å². The molecule has 2 nitrogen and oxygen atoms in total. The molecular weight excluding hydrogens is 232 g/mol. The molecular formula is C17H36N2. The molecule has 0 atom stereocenters. The second kappa shape index (κ2) is 8.97. The lowest BCUT2D eigenvalue weighted by atomic mass is 9.70. The van der Waals surface area contributed by atoms with Crippen LogP contribution >= 0.6 is 0 Å². The van der Waals surface area contributed by atoms with E-state index in [1.807, 2.05) is 0 Å². The first kappa shape index (κ1) is 17.0. The van der Waals surface area contributed by atoms with E-state index in [-0.39, 0.29) is 0 Å². The Morgan fingerprint density at radius 1 is 1.16 bits per heavy atom. The van der Waals surface area contributed by atoms with Crippen molar-refractivity contribution in [2.45, 2.75) is 65.7 Å². The van der Waals surface area contributed by atoms with E-state index in [1.165, 1.54) is 71.1 Å². The van der Waals surface area contributed by atoms with Crippen LogP contribution in [0.25, 0.3) is 0 Å². The lowest BCUT2D eigenvalue weighted by molar-refractivity contribution is 0.0984. The molecule has 0 bridgehead atoms. The molecule has 1 fully saturated rings. The zero-order valence-electron chi connectivity index (χ0n) is 13.8. The van der Waals surface area contributed by atoms with Gasteiger partial charge in [0.25, 0.3) is 0 Å². The van der Waals surface area contributed by atoms with Gasteiger partial charge in [-0.3, -0.25) is 0 Å². The lowest BCUT2D eigenvalue weighted by Crippen LogP contribution is -2.45. The number of rotatable bonds is 9. The minimum Gasteiger partial charge on any atom is -0.316 e. The lowest BCUT2D eigenvalue weighted by Gasteiger charge is -2.42. The summed E-state index contributed by atoms with van der Waals surface area (Å²) in [4.78, 5) is 2.58. The SMILES string of the molecule is CCCCN(C)CC1(CNCCC)CCC(C)CC1. The van der Waals surface area contributed by atoms with Gasteiger partial charge in [-0.2, -0.15) is 0 Å². The van der Waals surface area contributed by atoms with Gasteiger partial charge in [0.05, 0.1) is 0 Å². The van der Waals surface area contributed by atoms with Crippen LogP contribution in [0, 0.1) is 11.3 Å². The molecule has 1 aliphatic carbocycles. The highest BCUT2D eigenvalue weighted by Gasteiger charge is 2.34. The second-order valence-electron chi connectivity index (χ2n) is 6.95. The summed E-state index contributed by atoms with van der Waals surface area (Å²) in [6.45, 7) is 11.9. The van der Waals surface area contributed by atoms with Crippen LogP contribution < -0.4 is 5.32 Å². The molecule has 114 valence electrons. The van der Waals surface area contributed by atoms with Crippen LogP contribution in [0.2, 0.25) is 0 Å². The summed E-state index contributed by atoms with van der Waals surface area (Å²) in [6.07, 6.45) is 9.58. The first-order valence-corrected chi connectivity index (χ1v) is 8.51. The molecule has 0 aromatic carbocycles. The molecule has 1 aliphatic rings. The van der Waals surface area contributed by atoms with Crippen molar-refractivity contribution in [1.82, 2.24) is 10.2 Å². The van der Waals surface area contributed by atoms with Crippen molar-refractivity contribution < 1.29 is 0 Å². The average Bonchev–Trinajstić information content (AvgIpc) is 2.40. The van der Waals surface area contributed by atoms with Crippen LogP contribution in [0.5, 0.6) is 0 Å².